The van der Waals surface area contributed by atoms with E-state index in [1.807, 2.05) is 12.2 Å². The average molecular weight is 140 g/mol. The molecule has 0 saturated carbocycles. The van der Waals surface area contributed by atoms with Gasteiger partial charge in [0.15, 0.2) is 0 Å². The first-order valence-electron chi connectivity index (χ1n) is 3.47. The molecule has 0 aromatic heterocycles. The first kappa shape index (κ1) is 7.51. The van der Waals surface area contributed by atoms with Gasteiger partial charge in [-0.3, -0.25) is 0 Å². The van der Waals surface area contributed by atoms with Crippen LogP contribution in [0.25, 0.3) is 0 Å². The van der Waals surface area contributed by atoms with Gasteiger partial charge in [0.05, 0.1) is 13.2 Å². The van der Waals surface area contributed by atoms with E-state index < -0.39 is 0 Å². The van der Waals surface area contributed by atoms with E-state index in [1.165, 1.54) is 0 Å². The van der Waals surface area contributed by atoms with Crippen molar-refractivity contribution in [3.8, 4) is 0 Å². The molecule has 0 bridgehead atoms. The Balaban J connectivity index is 2.73. The van der Waals surface area contributed by atoms with Crippen molar-refractivity contribution >= 4 is 0 Å². The molecular formula is C8H12O2. The lowest BCUT2D eigenvalue weighted by Gasteiger charge is -2.11. The lowest BCUT2D eigenvalue weighted by Crippen LogP contribution is -2.02. The van der Waals surface area contributed by atoms with E-state index in [1.54, 1.807) is 0 Å². The molecule has 0 unspecified atom stereocenters. The second-order valence-electron chi connectivity index (χ2n) is 2.39. The summed E-state index contributed by atoms with van der Waals surface area (Å²) in [7, 11) is 0. The predicted molar refractivity (Wildman–Crippen MR) is 39.6 cm³/mol. The second-order valence-corrected chi connectivity index (χ2v) is 2.39. The number of hydrogen-bond acceptors (Lipinski definition) is 2. The van der Waals surface area contributed by atoms with Gasteiger partial charge in [-0.05, 0) is 24.0 Å². The Hall–Kier alpha value is -0.600. The highest BCUT2D eigenvalue weighted by atomic mass is 16.3. The third kappa shape index (κ3) is 1.46. The summed E-state index contributed by atoms with van der Waals surface area (Å²) in [5, 5.41) is 17.6. The molecule has 10 heavy (non-hydrogen) atoms. The van der Waals surface area contributed by atoms with Crippen LogP contribution in [0.5, 0.6) is 0 Å². The molecule has 0 aliphatic heterocycles. The minimum Gasteiger partial charge on any atom is -0.392 e. The van der Waals surface area contributed by atoms with Crippen molar-refractivity contribution in [2.45, 2.75) is 12.8 Å². The fourth-order valence-electron chi connectivity index (χ4n) is 1.11. The molecular weight excluding hydrogens is 128 g/mol. The molecule has 0 spiro atoms. The van der Waals surface area contributed by atoms with Crippen LogP contribution in [0.15, 0.2) is 23.3 Å². The number of hydrogen-bond donors (Lipinski definition) is 2. The van der Waals surface area contributed by atoms with E-state index in [0.29, 0.717) is 0 Å². The van der Waals surface area contributed by atoms with Crippen molar-refractivity contribution in [3.63, 3.8) is 0 Å². The fraction of sp³-hybridized carbons (Fsp3) is 0.500. The quantitative estimate of drug-likeness (QED) is 0.590. The number of allylic oxidation sites excluding steroid dienone is 1. The highest BCUT2D eigenvalue weighted by Gasteiger charge is 2.04. The van der Waals surface area contributed by atoms with E-state index in [-0.39, 0.29) is 13.2 Å². The Morgan fingerprint density at radius 2 is 2.10 bits per heavy atom. The van der Waals surface area contributed by atoms with Gasteiger partial charge in [-0.1, -0.05) is 12.2 Å². The Morgan fingerprint density at radius 1 is 1.30 bits per heavy atom. The molecule has 0 fully saturated rings. The second kappa shape index (κ2) is 3.54. The highest BCUT2D eigenvalue weighted by molar-refractivity contribution is 5.29. The first-order chi connectivity index (χ1) is 4.88. The van der Waals surface area contributed by atoms with Crippen molar-refractivity contribution in [3.05, 3.63) is 23.3 Å². The maximum atomic E-state index is 8.79. The average Bonchev–Trinajstić information content (AvgIpc) is 2.04. The minimum absolute atomic E-state index is 0.0480. The molecule has 0 saturated heterocycles. The topological polar surface area (TPSA) is 40.5 Å². The van der Waals surface area contributed by atoms with Crippen LogP contribution in [-0.4, -0.2) is 23.4 Å². The summed E-state index contributed by atoms with van der Waals surface area (Å²) in [5.41, 5.74) is 1.86. The van der Waals surface area contributed by atoms with E-state index in [9.17, 15) is 0 Å². The largest absolute Gasteiger partial charge is 0.392 e. The van der Waals surface area contributed by atoms with Gasteiger partial charge >= 0.3 is 0 Å². The van der Waals surface area contributed by atoms with Gasteiger partial charge in [0.2, 0.25) is 0 Å². The molecule has 2 N–H and O–H groups in total. The Bertz CT molecular complexity index is 168. The Kier molecular flexibility index (Phi) is 2.66. The van der Waals surface area contributed by atoms with E-state index in [4.69, 9.17) is 10.2 Å². The maximum Gasteiger partial charge on any atom is 0.0682 e. The van der Waals surface area contributed by atoms with Gasteiger partial charge in [-0.15, -0.1) is 0 Å². The Labute approximate surface area is 60.5 Å². The van der Waals surface area contributed by atoms with Gasteiger partial charge in [0, 0.05) is 0 Å². The molecule has 0 aromatic rings. The summed E-state index contributed by atoms with van der Waals surface area (Å²) in [5.74, 6) is 0. The molecule has 0 aromatic carbocycles. The monoisotopic (exact) mass is 140 g/mol. The lowest BCUT2D eigenvalue weighted by atomic mass is 9.99. The zero-order chi connectivity index (χ0) is 7.40. The minimum atomic E-state index is 0.0480. The molecule has 2 nitrogen and oxygen atoms in total. The number of aliphatic hydroxyl groups is 2. The van der Waals surface area contributed by atoms with E-state index >= 15 is 0 Å². The van der Waals surface area contributed by atoms with Crippen LogP contribution in [0.3, 0.4) is 0 Å². The zero-order valence-electron chi connectivity index (χ0n) is 5.88. The molecule has 1 rings (SSSR count). The van der Waals surface area contributed by atoms with Crippen LogP contribution in [0, 0.1) is 0 Å². The molecule has 1 aliphatic carbocycles. The van der Waals surface area contributed by atoms with Crippen molar-refractivity contribution in [2.24, 2.45) is 0 Å². The summed E-state index contributed by atoms with van der Waals surface area (Å²) in [6, 6.07) is 0. The number of aliphatic hydroxyl groups excluding tert-OH is 2. The van der Waals surface area contributed by atoms with Gasteiger partial charge in [0.25, 0.3) is 0 Å². The zero-order valence-corrected chi connectivity index (χ0v) is 5.88. The van der Waals surface area contributed by atoms with Crippen LogP contribution in [-0.2, 0) is 0 Å². The predicted octanol–water partition coefficient (Wildman–Crippen LogP) is 0.618. The van der Waals surface area contributed by atoms with Crippen molar-refractivity contribution in [1.82, 2.24) is 0 Å². The van der Waals surface area contributed by atoms with E-state index in [0.717, 1.165) is 24.0 Å². The molecule has 0 atom stereocenters. The summed E-state index contributed by atoms with van der Waals surface area (Å²) >= 11 is 0. The number of rotatable bonds is 2. The van der Waals surface area contributed by atoms with E-state index in [2.05, 4.69) is 0 Å². The van der Waals surface area contributed by atoms with Gasteiger partial charge in [-0.2, -0.15) is 0 Å². The molecule has 0 radical (unpaired) electrons. The summed E-state index contributed by atoms with van der Waals surface area (Å²) in [6.45, 7) is 0.132. The van der Waals surface area contributed by atoms with Crippen molar-refractivity contribution in [2.75, 3.05) is 13.2 Å². The fourth-order valence-corrected chi connectivity index (χ4v) is 1.11. The van der Waals surface area contributed by atoms with Crippen LogP contribution < -0.4 is 0 Å². The molecule has 1 aliphatic rings. The smallest absolute Gasteiger partial charge is 0.0682 e. The maximum absolute atomic E-state index is 8.79. The molecule has 2 heteroatoms. The van der Waals surface area contributed by atoms with Crippen LogP contribution in [0.4, 0.5) is 0 Å². The summed E-state index contributed by atoms with van der Waals surface area (Å²) in [6.07, 6.45) is 5.78. The van der Waals surface area contributed by atoms with Crippen molar-refractivity contribution < 1.29 is 10.2 Å². The standard InChI is InChI=1S/C8H12O2/c9-5-7-3-1-2-4-8(7)6-10/h1,3,9-10H,2,4-6H2. The highest BCUT2D eigenvalue weighted by Crippen LogP contribution is 2.17. The van der Waals surface area contributed by atoms with Crippen LogP contribution in [0.1, 0.15) is 12.8 Å². The normalized spacial score (nSPS) is 18.2. The summed E-state index contributed by atoms with van der Waals surface area (Å²) < 4.78 is 0. The third-order valence-electron chi connectivity index (χ3n) is 1.75. The van der Waals surface area contributed by atoms with Crippen LogP contribution in [0.2, 0.25) is 0 Å². The summed E-state index contributed by atoms with van der Waals surface area (Å²) in [4.78, 5) is 0. The lowest BCUT2D eigenvalue weighted by molar-refractivity contribution is 0.309. The van der Waals surface area contributed by atoms with Gasteiger partial charge < -0.3 is 10.2 Å². The molecule has 0 heterocycles. The third-order valence-corrected chi connectivity index (χ3v) is 1.75. The van der Waals surface area contributed by atoms with Gasteiger partial charge in [-0.25, -0.2) is 0 Å². The van der Waals surface area contributed by atoms with Crippen LogP contribution >= 0.6 is 0 Å². The van der Waals surface area contributed by atoms with Gasteiger partial charge in [0.1, 0.15) is 0 Å². The van der Waals surface area contributed by atoms with Crippen molar-refractivity contribution in [1.29, 1.82) is 0 Å². The molecule has 56 valence electrons. The SMILES string of the molecule is OCC1=C(CO)CCC=C1. The first-order valence-corrected chi connectivity index (χ1v) is 3.47. The molecule has 0 amide bonds. The Morgan fingerprint density at radius 3 is 2.60 bits per heavy atom.